The van der Waals surface area contributed by atoms with E-state index in [2.05, 4.69) is 10.2 Å². The maximum absolute atomic E-state index is 12.8. The minimum Gasteiger partial charge on any atom is -0.507 e. The first-order chi connectivity index (χ1) is 11.2. The summed E-state index contributed by atoms with van der Waals surface area (Å²) in [4.78, 5) is 14.5. The zero-order valence-corrected chi connectivity index (χ0v) is 12.4. The van der Waals surface area contributed by atoms with Crippen LogP contribution in [0, 0.1) is 0 Å². The third-order valence-corrected chi connectivity index (χ3v) is 4.15. The molecule has 1 aliphatic rings. The number of nitrogens with zero attached hydrogens (tertiary/aromatic N) is 2. The number of hydrogen-bond acceptors (Lipinski definition) is 3. The first-order valence-corrected chi connectivity index (χ1v) is 7.41. The van der Waals surface area contributed by atoms with Crippen LogP contribution in [0.5, 0.6) is 5.75 Å². The predicted octanol–water partition coefficient (Wildman–Crippen LogP) is 2.94. The summed E-state index contributed by atoms with van der Waals surface area (Å²) in [7, 11) is 0. The van der Waals surface area contributed by atoms with Crippen LogP contribution in [0.1, 0.15) is 21.5 Å². The molecule has 0 bridgehead atoms. The lowest BCUT2D eigenvalue weighted by atomic mass is 10.1. The van der Waals surface area contributed by atoms with Crippen LogP contribution < -0.4 is 0 Å². The minimum atomic E-state index is -0.170. The average Bonchev–Trinajstić information content (AvgIpc) is 3.24. The van der Waals surface area contributed by atoms with E-state index in [0.29, 0.717) is 18.7 Å². The molecule has 0 radical (unpaired) electrons. The van der Waals surface area contributed by atoms with Gasteiger partial charge in [0, 0.05) is 24.8 Å². The Kier molecular flexibility index (Phi) is 3.12. The van der Waals surface area contributed by atoms with Gasteiger partial charge < -0.3 is 10.0 Å². The van der Waals surface area contributed by atoms with Crippen molar-refractivity contribution in [1.82, 2.24) is 15.1 Å². The highest BCUT2D eigenvalue weighted by molar-refractivity contribution is 5.98. The van der Waals surface area contributed by atoms with Gasteiger partial charge in [-0.25, -0.2) is 0 Å². The molecule has 2 heterocycles. The molecule has 5 nitrogen and oxygen atoms in total. The van der Waals surface area contributed by atoms with Crippen LogP contribution in [0.4, 0.5) is 0 Å². The highest BCUT2D eigenvalue weighted by Crippen LogP contribution is 2.29. The van der Waals surface area contributed by atoms with E-state index in [4.69, 9.17) is 0 Å². The molecule has 0 spiro atoms. The molecule has 4 rings (SSSR count). The van der Waals surface area contributed by atoms with Crippen LogP contribution in [-0.2, 0) is 13.1 Å². The second-order valence-electron chi connectivity index (χ2n) is 5.62. The average molecular weight is 305 g/mol. The molecule has 1 aliphatic heterocycles. The molecule has 0 unspecified atom stereocenters. The van der Waals surface area contributed by atoms with Gasteiger partial charge >= 0.3 is 0 Å². The molecule has 23 heavy (non-hydrogen) atoms. The molecule has 0 fully saturated rings. The van der Waals surface area contributed by atoms with Crippen molar-refractivity contribution in [2.24, 2.45) is 0 Å². The van der Waals surface area contributed by atoms with Gasteiger partial charge in [-0.1, -0.05) is 24.3 Å². The Morgan fingerprint density at radius 1 is 1.09 bits per heavy atom. The van der Waals surface area contributed by atoms with Crippen LogP contribution >= 0.6 is 0 Å². The molecule has 0 aliphatic carbocycles. The lowest BCUT2D eigenvalue weighted by Crippen LogP contribution is -2.25. The highest BCUT2D eigenvalue weighted by Gasteiger charge is 2.26. The molecular weight excluding hydrogens is 290 g/mol. The molecule has 0 saturated carbocycles. The SMILES string of the molecule is O=C(c1cc(-c2cc[nH]n2)ccc1O)N1Cc2ccccc2C1. The number of hydrogen-bond donors (Lipinski definition) is 2. The number of phenols is 1. The van der Waals surface area contributed by atoms with Crippen molar-refractivity contribution < 1.29 is 9.90 Å². The summed E-state index contributed by atoms with van der Waals surface area (Å²) in [5.74, 6) is -0.179. The lowest BCUT2D eigenvalue weighted by molar-refractivity contribution is 0.0748. The second kappa shape index (κ2) is 5.28. The van der Waals surface area contributed by atoms with Crippen molar-refractivity contribution in [1.29, 1.82) is 0 Å². The molecule has 1 amide bonds. The van der Waals surface area contributed by atoms with E-state index < -0.39 is 0 Å². The number of aromatic nitrogens is 2. The van der Waals surface area contributed by atoms with Gasteiger partial charge in [0.05, 0.1) is 11.3 Å². The van der Waals surface area contributed by atoms with Gasteiger partial charge in [-0.05, 0) is 35.4 Å². The second-order valence-corrected chi connectivity index (χ2v) is 5.62. The van der Waals surface area contributed by atoms with Crippen LogP contribution in [0.2, 0.25) is 0 Å². The van der Waals surface area contributed by atoms with E-state index in [-0.39, 0.29) is 11.7 Å². The molecule has 3 aromatic rings. The van der Waals surface area contributed by atoms with E-state index in [0.717, 1.165) is 22.4 Å². The summed E-state index contributed by atoms with van der Waals surface area (Å²) in [5.41, 5.74) is 4.15. The fraction of sp³-hybridized carbons (Fsp3) is 0.111. The summed E-state index contributed by atoms with van der Waals surface area (Å²) in [6.07, 6.45) is 1.72. The molecular formula is C18H15N3O2. The molecule has 2 aromatic carbocycles. The monoisotopic (exact) mass is 305 g/mol. The predicted molar refractivity (Wildman–Crippen MR) is 85.7 cm³/mol. The van der Waals surface area contributed by atoms with Crippen LogP contribution in [0.25, 0.3) is 11.3 Å². The van der Waals surface area contributed by atoms with E-state index in [1.54, 1.807) is 29.3 Å². The Morgan fingerprint density at radius 3 is 2.48 bits per heavy atom. The van der Waals surface area contributed by atoms with Gasteiger partial charge in [0.15, 0.2) is 0 Å². The Labute approximate surface area is 133 Å². The normalized spacial score (nSPS) is 13.1. The standard InChI is InChI=1S/C18H15N3O2/c22-17-6-5-12(16-7-8-19-20-16)9-15(17)18(23)21-10-13-3-1-2-4-14(13)11-21/h1-9,22H,10-11H2,(H,19,20). The Bertz CT molecular complexity index is 847. The van der Waals surface area contributed by atoms with Crippen molar-refractivity contribution in [3.8, 4) is 17.0 Å². The Hall–Kier alpha value is -3.08. The number of amides is 1. The maximum Gasteiger partial charge on any atom is 0.258 e. The summed E-state index contributed by atoms with van der Waals surface area (Å²) in [5, 5.41) is 17.0. The van der Waals surface area contributed by atoms with Crippen molar-refractivity contribution in [3.63, 3.8) is 0 Å². The fourth-order valence-electron chi connectivity index (χ4n) is 2.93. The zero-order valence-electron chi connectivity index (χ0n) is 12.4. The number of aromatic amines is 1. The molecule has 0 atom stereocenters. The van der Waals surface area contributed by atoms with Crippen molar-refractivity contribution in [2.75, 3.05) is 0 Å². The van der Waals surface area contributed by atoms with Gasteiger partial charge in [-0.2, -0.15) is 5.10 Å². The summed E-state index contributed by atoms with van der Waals surface area (Å²) in [6, 6.07) is 14.8. The van der Waals surface area contributed by atoms with Gasteiger partial charge in [0.25, 0.3) is 5.91 Å². The summed E-state index contributed by atoms with van der Waals surface area (Å²) in [6.45, 7) is 1.14. The van der Waals surface area contributed by atoms with E-state index in [1.165, 1.54) is 0 Å². The molecule has 2 N–H and O–H groups in total. The summed E-state index contributed by atoms with van der Waals surface area (Å²) >= 11 is 0. The third kappa shape index (κ3) is 2.36. The first-order valence-electron chi connectivity index (χ1n) is 7.41. The van der Waals surface area contributed by atoms with E-state index in [1.807, 2.05) is 30.3 Å². The van der Waals surface area contributed by atoms with Gasteiger partial charge in [0.1, 0.15) is 5.75 Å². The number of fused-ring (bicyclic) bond motifs is 1. The number of aromatic hydroxyl groups is 1. The molecule has 0 saturated heterocycles. The Balaban J connectivity index is 1.66. The number of nitrogens with one attached hydrogen (secondary N) is 1. The van der Waals surface area contributed by atoms with Gasteiger partial charge in [0.2, 0.25) is 0 Å². The molecule has 1 aromatic heterocycles. The van der Waals surface area contributed by atoms with E-state index >= 15 is 0 Å². The minimum absolute atomic E-state index is 0.00904. The Morgan fingerprint density at radius 2 is 1.83 bits per heavy atom. The third-order valence-electron chi connectivity index (χ3n) is 4.15. The van der Waals surface area contributed by atoms with Crippen LogP contribution in [-0.4, -0.2) is 26.1 Å². The molecule has 5 heteroatoms. The highest BCUT2D eigenvalue weighted by atomic mass is 16.3. The maximum atomic E-state index is 12.8. The van der Waals surface area contributed by atoms with Crippen molar-refractivity contribution in [3.05, 3.63) is 71.4 Å². The number of carbonyl (C=O) groups excluding carboxylic acids is 1. The first kappa shape index (κ1) is 13.6. The smallest absolute Gasteiger partial charge is 0.258 e. The number of phenolic OH excluding ortho intramolecular Hbond substituents is 1. The zero-order chi connectivity index (χ0) is 15.8. The summed E-state index contributed by atoms with van der Waals surface area (Å²) < 4.78 is 0. The van der Waals surface area contributed by atoms with E-state index in [9.17, 15) is 9.90 Å². The number of carbonyl (C=O) groups is 1. The fourth-order valence-corrected chi connectivity index (χ4v) is 2.93. The topological polar surface area (TPSA) is 69.2 Å². The number of H-pyrrole nitrogens is 1. The van der Waals surface area contributed by atoms with Crippen LogP contribution in [0.15, 0.2) is 54.7 Å². The van der Waals surface area contributed by atoms with Crippen molar-refractivity contribution >= 4 is 5.91 Å². The van der Waals surface area contributed by atoms with Crippen LogP contribution in [0.3, 0.4) is 0 Å². The number of rotatable bonds is 2. The van der Waals surface area contributed by atoms with Crippen molar-refractivity contribution in [2.45, 2.75) is 13.1 Å². The lowest BCUT2D eigenvalue weighted by Gasteiger charge is -2.16. The molecule has 114 valence electrons. The quantitative estimate of drug-likeness (QED) is 0.765. The largest absolute Gasteiger partial charge is 0.507 e. The van der Waals surface area contributed by atoms with Gasteiger partial charge in [-0.15, -0.1) is 0 Å². The number of benzene rings is 2. The van der Waals surface area contributed by atoms with Gasteiger partial charge in [-0.3, -0.25) is 9.89 Å².